The fourth-order valence-corrected chi connectivity index (χ4v) is 3.67. The van der Waals surface area contributed by atoms with Gasteiger partial charge in [0, 0.05) is 24.4 Å². The van der Waals surface area contributed by atoms with Gasteiger partial charge in [-0.2, -0.15) is 0 Å². The van der Waals surface area contributed by atoms with Crippen molar-refractivity contribution in [2.24, 2.45) is 5.92 Å². The molecule has 4 nitrogen and oxygen atoms in total. The summed E-state index contributed by atoms with van der Waals surface area (Å²) in [6.07, 6.45) is 3.61. The molecule has 1 aliphatic heterocycles. The Hall–Kier alpha value is -1.10. The molecular formula is C15H24N2O2S. The molecule has 0 aromatic carbocycles. The lowest BCUT2D eigenvalue weighted by molar-refractivity contribution is -0.143. The summed E-state index contributed by atoms with van der Waals surface area (Å²) in [7, 11) is 0. The van der Waals surface area contributed by atoms with E-state index >= 15 is 0 Å². The largest absolute Gasteiger partial charge is 0.466 e. The molecule has 20 heavy (non-hydrogen) atoms. The second kappa shape index (κ2) is 7.07. The van der Waals surface area contributed by atoms with Crippen LogP contribution in [0.15, 0.2) is 5.38 Å². The summed E-state index contributed by atoms with van der Waals surface area (Å²) in [6, 6.07) is 0.610. The number of rotatable bonds is 6. The van der Waals surface area contributed by atoms with E-state index < -0.39 is 0 Å². The minimum atomic E-state index is -0.136. The van der Waals surface area contributed by atoms with Gasteiger partial charge in [-0.15, -0.1) is 11.3 Å². The molecule has 2 heterocycles. The molecule has 1 atom stereocenters. The van der Waals surface area contributed by atoms with Crippen LogP contribution in [0.25, 0.3) is 0 Å². The summed E-state index contributed by atoms with van der Waals surface area (Å²) >= 11 is 1.70. The summed E-state index contributed by atoms with van der Waals surface area (Å²) in [6.45, 7) is 7.94. The van der Waals surface area contributed by atoms with Crippen LogP contribution < -0.4 is 4.90 Å². The molecule has 0 saturated carbocycles. The van der Waals surface area contributed by atoms with Gasteiger partial charge in [0.05, 0.1) is 18.7 Å². The van der Waals surface area contributed by atoms with Crippen LogP contribution >= 0.6 is 11.3 Å². The normalized spacial score (nSPS) is 18.8. The number of carbonyl (C=O) groups excluding carboxylic acids is 1. The van der Waals surface area contributed by atoms with E-state index in [1.807, 2.05) is 6.92 Å². The van der Waals surface area contributed by atoms with E-state index in [2.05, 4.69) is 24.1 Å². The predicted octanol–water partition coefficient (Wildman–Crippen LogP) is 3.26. The van der Waals surface area contributed by atoms with E-state index in [1.54, 1.807) is 11.3 Å². The molecule has 0 N–H and O–H groups in total. The van der Waals surface area contributed by atoms with Gasteiger partial charge in [-0.05, 0) is 25.7 Å². The van der Waals surface area contributed by atoms with Crippen molar-refractivity contribution >= 4 is 22.4 Å². The molecule has 2 rings (SSSR count). The van der Waals surface area contributed by atoms with Gasteiger partial charge in [-0.25, -0.2) is 4.98 Å². The number of nitrogens with zero attached hydrogens (tertiary/aromatic N) is 2. The third kappa shape index (κ3) is 3.72. The Morgan fingerprint density at radius 1 is 1.60 bits per heavy atom. The Kier molecular flexibility index (Phi) is 5.40. The van der Waals surface area contributed by atoms with E-state index in [4.69, 9.17) is 9.72 Å². The maximum absolute atomic E-state index is 11.4. The second-order valence-corrected chi connectivity index (χ2v) is 6.41. The van der Waals surface area contributed by atoms with Crippen LogP contribution in [0.3, 0.4) is 0 Å². The first kappa shape index (κ1) is 15.3. The van der Waals surface area contributed by atoms with E-state index in [-0.39, 0.29) is 5.97 Å². The van der Waals surface area contributed by atoms with Crippen molar-refractivity contribution in [1.82, 2.24) is 4.98 Å². The van der Waals surface area contributed by atoms with Crippen molar-refractivity contribution in [3.8, 4) is 0 Å². The van der Waals surface area contributed by atoms with Crippen LogP contribution in [0.5, 0.6) is 0 Å². The third-order valence-electron chi connectivity index (χ3n) is 3.74. The Balaban J connectivity index is 1.93. The average Bonchev–Trinajstić information content (AvgIpc) is 3.05. The van der Waals surface area contributed by atoms with Gasteiger partial charge in [-0.3, -0.25) is 4.79 Å². The Bertz CT molecular complexity index is 445. The highest BCUT2D eigenvalue weighted by Crippen LogP contribution is 2.32. The number of hydrogen-bond acceptors (Lipinski definition) is 5. The first-order valence-corrected chi connectivity index (χ1v) is 8.36. The lowest BCUT2D eigenvalue weighted by Crippen LogP contribution is -2.33. The van der Waals surface area contributed by atoms with Gasteiger partial charge >= 0.3 is 5.97 Å². The fraction of sp³-hybridized carbons (Fsp3) is 0.733. The van der Waals surface area contributed by atoms with Crippen LogP contribution in [0.1, 0.15) is 45.7 Å². The maximum Gasteiger partial charge on any atom is 0.306 e. The summed E-state index contributed by atoms with van der Waals surface area (Å²) < 4.78 is 4.94. The molecule has 1 aliphatic rings. The van der Waals surface area contributed by atoms with Gasteiger partial charge in [0.1, 0.15) is 0 Å². The fourth-order valence-electron chi connectivity index (χ4n) is 2.73. The van der Waals surface area contributed by atoms with Gasteiger partial charge in [-0.1, -0.05) is 13.8 Å². The van der Waals surface area contributed by atoms with Crippen LogP contribution in [-0.4, -0.2) is 30.1 Å². The molecule has 1 fully saturated rings. The molecule has 5 heteroatoms. The van der Waals surface area contributed by atoms with Crippen molar-refractivity contribution in [3.63, 3.8) is 0 Å². The summed E-state index contributed by atoms with van der Waals surface area (Å²) in [5.74, 6) is 0.521. The van der Waals surface area contributed by atoms with Crippen LogP contribution in [0, 0.1) is 5.92 Å². The van der Waals surface area contributed by atoms with E-state index in [9.17, 15) is 4.79 Å². The zero-order valence-electron chi connectivity index (χ0n) is 12.6. The molecular weight excluding hydrogens is 272 g/mol. The quantitative estimate of drug-likeness (QED) is 0.756. The minimum absolute atomic E-state index is 0.136. The molecule has 1 saturated heterocycles. The zero-order chi connectivity index (χ0) is 14.5. The van der Waals surface area contributed by atoms with E-state index in [0.29, 0.717) is 31.4 Å². The highest BCUT2D eigenvalue weighted by molar-refractivity contribution is 7.13. The van der Waals surface area contributed by atoms with Crippen molar-refractivity contribution in [2.75, 3.05) is 18.1 Å². The number of hydrogen-bond donors (Lipinski definition) is 0. The monoisotopic (exact) mass is 296 g/mol. The summed E-state index contributed by atoms with van der Waals surface area (Å²) in [5.41, 5.74) is 1.01. The van der Waals surface area contributed by atoms with Gasteiger partial charge in [0.25, 0.3) is 0 Å². The smallest absolute Gasteiger partial charge is 0.306 e. The number of carbonyl (C=O) groups is 1. The van der Waals surface area contributed by atoms with Crippen LogP contribution in [0.2, 0.25) is 0 Å². The summed E-state index contributed by atoms with van der Waals surface area (Å²) in [5, 5.41) is 3.18. The second-order valence-electron chi connectivity index (χ2n) is 5.57. The molecule has 0 amide bonds. The van der Waals surface area contributed by atoms with E-state index in [1.165, 1.54) is 12.8 Å². The molecule has 0 bridgehead atoms. The molecule has 0 aliphatic carbocycles. The van der Waals surface area contributed by atoms with Crippen LogP contribution in [-0.2, 0) is 16.0 Å². The maximum atomic E-state index is 11.4. The highest BCUT2D eigenvalue weighted by Gasteiger charge is 2.28. The third-order valence-corrected chi connectivity index (χ3v) is 4.67. The van der Waals surface area contributed by atoms with Crippen molar-refractivity contribution in [1.29, 1.82) is 0 Å². The first-order chi connectivity index (χ1) is 9.61. The predicted molar refractivity (Wildman–Crippen MR) is 82.3 cm³/mol. The number of esters is 1. The molecule has 0 spiro atoms. The van der Waals surface area contributed by atoms with Gasteiger partial charge < -0.3 is 9.64 Å². The molecule has 1 aromatic rings. The first-order valence-electron chi connectivity index (χ1n) is 7.48. The van der Waals surface area contributed by atoms with Gasteiger partial charge in [0.15, 0.2) is 5.13 Å². The minimum Gasteiger partial charge on any atom is -0.466 e. The Labute approximate surface area is 125 Å². The number of ether oxygens (including phenoxy) is 1. The lowest BCUT2D eigenvalue weighted by atomic mass is 10.0. The SMILES string of the molecule is CCOC(=O)CCc1csc(N2CCCC2C(C)C)n1. The zero-order valence-corrected chi connectivity index (χ0v) is 13.4. The summed E-state index contributed by atoms with van der Waals surface area (Å²) in [4.78, 5) is 18.5. The van der Waals surface area contributed by atoms with Crippen molar-refractivity contribution < 1.29 is 9.53 Å². The number of aromatic nitrogens is 1. The molecule has 112 valence electrons. The number of aryl methyl sites for hydroxylation is 1. The molecule has 1 aromatic heterocycles. The highest BCUT2D eigenvalue weighted by atomic mass is 32.1. The molecule has 0 radical (unpaired) electrons. The molecule has 1 unspecified atom stereocenters. The standard InChI is InChI=1S/C15H24N2O2S/c1-4-19-14(18)8-7-12-10-20-15(16-12)17-9-5-6-13(17)11(2)3/h10-11,13H,4-9H2,1-3H3. The topological polar surface area (TPSA) is 42.4 Å². The Morgan fingerprint density at radius 2 is 2.40 bits per heavy atom. The number of thiazole rings is 1. The lowest BCUT2D eigenvalue weighted by Gasteiger charge is -2.27. The van der Waals surface area contributed by atoms with Crippen molar-refractivity contribution in [2.45, 2.75) is 52.5 Å². The van der Waals surface area contributed by atoms with Crippen molar-refractivity contribution in [3.05, 3.63) is 11.1 Å². The number of anilines is 1. The van der Waals surface area contributed by atoms with Gasteiger partial charge in [0.2, 0.25) is 0 Å². The van der Waals surface area contributed by atoms with Crippen LogP contribution in [0.4, 0.5) is 5.13 Å². The Morgan fingerprint density at radius 3 is 3.10 bits per heavy atom. The van der Waals surface area contributed by atoms with E-state index in [0.717, 1.165) is 17.4 Å². The average molecular weight is 296 g/mol.